The van der Waals surface area contributed by atoms with E-state index in [1.54, 1.807) is 0 Å². The summed E-state index contributed by atoms with van der Waals surface area (Å²) in [7, 11) is 0. The molecule has 3 heterocycles. The van der Waals surface area contributed by atoms with E-state index in [-0.39, 0.29) is 0 Å². The fraction of sp³-hybridized carbons (Fsp3) is 0.440. The lowest BCUT2D eigenvalue weighted by molar-refractivity contribution is 0.183. The number of aryl methyl sites for hydroxylation is 2. The van der Waals surface area contributed by atoms with E-state index < -0.39 is 0 Å². The normalized spacial score (nSPS) is 15.6. The number of aromatic nitrogens is 2. The van der Waals surface area contributed by atoms with Gasteiger partial charge in [-0.3, -0.25) is 4.98 Å². The van der Waals surface area contributed by atoms with E-state index in [2.05, 4.69) is 57.7 Å². The number of benzene rings is 1. The molecule has 4 rings (SSSR count). The highest BCUT2D eigenvalue weighted by molar-refractivity contribution is 5.81. The molecule has 0 aliphatic carbocycles. The summed E-state index contributed by atoms with van der Waals surface area (Å²) in [4.78, 5) is 11.6. The van der Waals surface area contributed by atoms with Crippen molar-refractivity contribution in [3.63, 3.8) is 0 Å². The molecule has 1 aliphatic rings. The Balaban J connectivity index is 1.15. The molecule has 152 valence electrons. The Morgan fingerprint density at radius 2 is 1.86 bits per heavy atom. The molecule has 0 amide bonds. The van der Waals surface area contributed by atoms with E-state index in [1.807, 2.05) is 19.2 Å². The second-order valence-corrected chi connectivity index (χ2v) is 8.25. The molecule has 2 aromatic heterocycles. The Bertz CT molecular complexity index is 901. The van der Waals surface area contributed by atoms with Crippen LogP contribution in [0.25, 0.3) is 10.9 Å². The zero-order valence-electron chi connectivity index (χ0n) is 17.5. The Labute approximate surface area is 174 Å². The smallest absolute Gasteiger partial charge is 0.126 e. The lowest BCUT2D eigenvalue weighted by atomic mass is 9.91. The van der Waals surface area contributed by atoms with Gasteiger partial charge in [-0.05, 0) is 75.4 Å². The third-order valence-electron chi connectivity index (χ3n) is 6.18. The van der Waals surface area contributed by atoms with Crippen molar-refractivity contribution in [3.8, 4) is 0 Å². The molecule has 1 N–H and O–H groups in total. The molecule has 1 saturated heterocycles. The summed E-state index contributed by atoms with van der Waals surface area (Å²) in [6.07, 6.45) is 8.43. The second kappa shape index (κ2) is 9.84. The van der Waals surface area contributed by atoms with Crippen molar-refractivity contribution in [3.05, 3.63) is 66.0 Å². The minimum absolute atomic E-state index is 0.905. The van der Waals surface area contributed by atoms with Crippen molar-refractivity contribution in [1.29, 1.82) is 0 Å². The number of piperidine rings is 1. The first-order valence-electron chi connectivity index (χ1n) is 11.0. The van der Waals surface area contributed by atoms with E-state index in [9.17, 15) is 0 Å². The van der Waals surface area contributed by atoms with Gasteiger partial charge >= 0.3 is 0 Å². The van der Waals surface area contributed by atoms with Crippen LogP contribution in [0.5, 0.6) is 0 Å². The zero-order chi connectivity index (χ0) is 19.9. The molecule has 4 nitrogen and oxygen atoms in total. The highest BCUT2D eigenvalue weighted by Crippen LogP contribution is 2.23. The predicted octanol–water partition coefficient (Wildman–Crippen LogP) is 5.09. The van der Waals surface area contributed by atoms with Gasteiger partial charge in [0.15, 0.2) is 0 Å². The molecule has 4 heteroatoms. The van der Waals surface area contributed by atoms with Gasteiger partial charge in [-0.25, -0.2) is 4.98 Å². The van der Waals surface area contributed by atoms with Crippen molar-refractivity contribution >= 4 is 16.7 Å². The average molecular weight is 389 g/mol. The standard InChI is InChI=1S/C25H32N4/c1-20-23-10-11-25(28-24(23)12-15-26-20)27-16-19-29-17-13-22(14-18-29)9-5-8-21-6-3-2-4-7-21/h2-4,6-7,10-12,15,22H,5,8-9,13-14,16-19H2,1H3,(H,27,28). The lowest BCUT2D eigenvalue weighted by Crippen LogP contribution is -2.36. The topological polar surface area (TPSA) is 41.1 Å². The second-order valence-electron chi connectivity index (χ2n) is 8.25. The van der Waals surface area contributed by atoms with Crippen molar-refractivity contribution < 1.29 is 0 Å². The van der Waals surface area contributed by atoms with Gasteiger partial charge in [0.2, 0.25) is 0 Å². The fourth-order valence-corrected chi connectivity index (χ4v) is 4.38. The lowest BCUT2D eigenvalue weighted by Gasteiger charge is -2.32. The van der Waals surface area contributed by atoms with Gasteiger partial charge in [0.1, 0.15) is 5.82 Å². The van der Waals surface area contributed by atoms with Crippen molar-refractivity contribution in [1.82, 2.24) is 14.9 Å². The molecule has 1 aliphatic heterocycles. The Kier molecular flexibility index (Phi) is 6.73. The van der Waals surface area contributed by atoms with Crippen molar-refractivity contribution in [2.24, 2.45) is 5.92 Å². The van der Waals surface area contributed by atoms with E-state index in [1.165, 1.54) is 50.8 Å². The van der Waals surface area contributed by atoms with Gasteiger partial charge in [0, 0.05) is 30.4 Å². The van der Waals surface area contributed by atoms with Crippen LogP contribution in [-0.2, 0) is 6.42 Å². The van der Waals surface area contributed by atoms with Gasteiger partial charge in [-0.2, -0.15) is 0 Å². The molecule has 0 spiro atoms. The summed E-state index contributed by atoms with van der Waals surface area (Å²) in [6.45, 7) is 6.52. The number of likely N-dealkylation sites (tertiary alicyclic amines) is 1. The van der Waals surface area contributed by atoms with Crippen LogP contribution in [0, 0.1) is 12.8 Å². The number of anilines is 1. The molecule has 0 radical (unpaired) electrons. The number of rotatable bonds is 8. The van der Waals surface area contributed by atoms with Crippen LogP contribution in [0.2, 0.25) is 0 Å². The summed E-state index contributed by atoms with van der Waals surface area (Å²) in [5, 5.41) is 4.63. The van der Waals surface area contributed by atoms with Gasteiger partial charge in [0.25, 0.3) is 0 Å². The Morgan fingerprint density at radius 1 is 1.03 bits per heavy atom. The molecule has 0 atom stereocenters. The van der Waals surface area contributed by atoms with Crippen LogP contribution in [0.1, 0.15) is 36.9 Å². The van der Waals surface area contributed by atoms with E-state index in [0.29, 0.717) is 0 Å². The maximum absolute atomic E-state index is 4.72. The highest BCUT2D eigenvalue weighted by atomic mass is 15.1. The Morgan fingerprint density at radius 3 is 2.69 bits per heavy atom. The van der Waals surface area contributed by atoms with Crippen LogP contribution in [-0.4, -0.2) is 41.0 Å². The summed E-state index contributed by atoms with van der Waals surface area (Å²) in [6, 6.07) is 17.1. The average Bonchev–Trinajstić information content (AvgIpc) is 2.76. The first-order chi connectivity index (χ1) is 14.3. The van der Waals surface area contributed by atoms with Crippen LogP contribution >= 0.6 is 0 Å². The number of pyridine rings is 2. The fourth-order valence-electron chi connectivity index (χ4n) is 4.38. The first-order valence-corrected chi connectivity index (χ1v) is 11.0. The van der Waals surface area contributed by atoms with Gasteiger partial charge in [-0.15, -0.1) is 0 Å². The quantitative estimate of drug-likeness (QED) is 0.584. The summed E-state index contributed by atoms with van der Waals surface area (Å²) < 4.78 is 0. The minimum Gasteiger partial charge on any atom is -0.369 e. The number of nitrogens with one attached hydrogen (secondary N) is 1. The molecule has 0 saturated carbocycles. The van der Waals surface area contributed by atoms with E-state index in [4.69, 9.17) is 4.98 Å². The first kappa shape index (κ1) is 19.8. The van der Waals surface area contributed by atoms with Gasteiger partial charge in [0.05, 0.1) is 5.52 Å². The third-order valence-corrected chi connectivity index (χ3v) is 6.18. The van der Waals surface area contributed by atoms with Crippen LogP contribution in [0.3, 0.4) is 0 Å². The highest BCUT2D eigenvalue weighted by Gasteiger charge is 2.18. The Hall–Kier alpha value is -2.46. The van der Waals surface area contributed by atoms with Crippen LogP contribution in [0.15, 0.2) is 54.7 Å². The predicted molar refractivity (Wildman–Crippen MR) is 121 cm³/mol. The molecule has 1 aromatic carbocycles. The monoisotopic (exact) mass is 388 g/mol. The number of nitrogens with zero attached hydrogens (tertiary/aromatic N) is 3. The number of hydrogen-bond acceptors (Lipinski definition) is 4. The van der Waals surface area contributed by atoms with Crippen LogP contribution in [0.4, 0.5) is 5.82 Å². The molecule has 29 heavy (non-hydrogen) atoms. The van der Waals surface area contributed by atoms with Gasteiger partial charge in [-0.1, -0.05) is 36.8 Å². The summed E-state index contributed by atoms with van der Waals surface area (Å²) in [5.41, 5.74) is 3.52. The molecular weight excluding hydrogens is 356 g/mol. The molecular formula is C25H32N4. The molecule has 3 aromatic rings. The van der Waals surface area contributed by atoms with Crippen LogP contribution < -0.4 is 5.32 Å². The number of hydrogen-bond donors (Lipinski definition) is 1. The summed E-state index contributed by atoms with van der Waals surface area (Å²) in [5.74, 6) is 1.86. The molecule has 0 unspecified atom stereocenters. The SMILES string of the molecule is Cc1nccc2nc(NCCN3CCC(CCCc4ccccc4)CC3)ccc12. The maximum atomic E-state index is 4.72. The van der Waals surface area contributed by atoms with E-state index in [0.717, 1.165) is 41.4 Å². The largest absolute Gasteiger partial charge is 0.369 e. The van der Waals surface area contributed by atoms with Gasteiger partial charge < -0.3 is 10.2 Å². The van der Waals surface area contributed by atoms with E-state index >= 15 is 0 Å². The summed E-state index contributed by atoms with van der Waals surface area (Å²) >= 11 is 0. The molecule has 0 bridgehead atoms. The molecule has 1 fully saturated rings. The minimum atomic E-state index is 0.905. The zero-order valence-corrected chi connectivity index (χ0v) is 17.5. The number of fused-ring (bicyclic) bond motifs is 1. The van der Waals surface area contributed by atoms with Crippen molar-refractivity contribution in [2.75, 3.05) is 31.5 Å². The van der Waals surface area contributed by atoms with Crippen molar-refractivity contribution in [2.45, 2.75) is 39.0 Å². The maximum Gasteiger partial charge on any atom is 0.126 e. The third kappa shape index (κ3) is 5.54.